The quantitative estimate of drug-likeness (QED) is 0.707. The van der Waals surface area contributed by atoms with Gasteiger partial charge in [0.15, 0.2) is 0 Å². The van der Waals surface area contributed by atoms with Crippen molar-refractivity contribution >= 4 is 16.5 Å². The van der Waals surface area contributed by atoms with Gasteiger partial charge in [-0.1, -0.05) is 43.3 Å². The highest BCUT2D eigenvalue weighted by molar-refractivity contribution is 6.00. The zero-order valence-corrected chi connectivity index (χ0v) is 12.4. The second-order valence-corrected chi connectivity index (χ2v) is 5.13. The number of aryl methyl sites for hydroxylation is 1. The molecule has 0 amide bonds. The molecule has 0 saturated carbocycles. The second kappa shape index (κ2) is 5.49. The first-order chi connectivity index (χ1) is 10.2. The fourth-order valence-corrected chi connectivity index (χ4v) is 2.78. The molecule has 3 aromatic rings. The Labute approximate surface area is 125 Å². The molecule has 0 bridgehead atoms. The van der Waals surface area contributed by atoms with Gasteiger partial charge < -0.3 is 10.5 Å². The molecule has 2 nitrogen and oxygen atoms in total. The van der Waals surface area contributed by atoms with Crippen LogP contribution in [0.4, 0.5) is 5.69 Å². The van der Waals surface area contributed by atoms with Crippen molar-refractivity contribution in [3.63, 3.8) is 0 Å². The number of benzene rings is 3. The molecule has 0 aliphatic heterocycles. The van der Waals surface area contributed by atoms with Crippen molar-refractivity contribution in [2.75, 3.05) is 12.8 Å². The third kappa shape index (κ3) is 2.33. The van der Waals surface area contributed by atoms with Crippen molar-refractivity contribution in [3.8, 4) is 16.9 Å². The second-order valence-electron chi connectivity index (χ2n) is 5.13. The molecule has 0 heterocycles. The Kier molecular flexibility index (Phi) is 3.53. The summed E-state index contributed by atoms with van der Waals surface area (Å²) in [5.41, 5.74) is 10.5. The average Bonchev–Trinajstić information content (AvgIpc) is 2.54. The minimum absolute atomic E-state index is 0.860. The van der Waals surface area contributed by atoms with Gasteiger partial charge in [0.2, 0.25) is 0 Å². The van der Waals surface area contributed by atoms with Crippen LogP contribution < -0.4 is 10.5 Å². The summed E-state index contributed by atoms with van der Waals surface area (Å²) in [6.07, 6.45) is 0.938. The highest BCUT2D eigenvalue weighted by atomic mass is 16.5. The fourth-order valence-electron chi connectivity index (χ4n) is 2.78. The number of fused-ring (bicyclic) bond motifs is 1. The number of nitrogens with two attached hydrogens (primary N) is 1. The Morgan fingerprint density at radius 1 is 0.952 bits per heavy atom. The SMILES string of the molecule is CCc1cc(-c2ccc(OC)c3ccccc23)ccc1N. The standard InChI is InChI=1S/C19H19NO/c1-3-13-12-14(8-10-18(13)20)15-9-11-19(21-2)17-7-5-4-6-16(15)17/h4-12H,3,20H2,1-2H3. The van der Waals surface area contributed by atoms with Crippen molar-refractivity contribution in [3.05, 3.63) is 60.2 Å². The summed E-state index contributed by atoms with van der Waals surface area (Å²) >= 11 is 0. The van der Waals surface area contributed by atoms with E-state index in [1.54, 1.807) is 7.11 Å². The maximum atomic E-state index is 6.02. The van der Waals surface area contributed by atoms with Gasteiger partial charge in [0.25, 0.3) is 0 Å². The van der Waals surface area contributed by atoms with Gasteiger partial charge in [-0.15, -0.1) is 0 Å². The first-order valence-corrected chi connectivity index (χ1v) is 7.19. The molecular formula is C19H19NO. The lowest BCUT2D eigenvalue weighted by Gasteiger charge is -2.12. The number of anilines is 1. The zero-order chi connectivity index (χ0) is 14.8. The third-order valence-electron chi connectivity index (χ3n) is 3.94. The van der Waals surface area contributed by atoms with Gasteiger partial charge in [0.1, 0.15) is 5.75 Å². The van der Waals surface area contributed by atoms with Gasteiger partial charge in [-0.3, -0.25) is 0 Å². The molecule has 21 heavy (non-hydrogen) atoms. The summed E-state index contributed by atoms with van der Waals surface area (Å²) in [6, 6.07) is 18.7. The van der Waals surface area contributed by atoms with E-state index in [0.717, 1.165) is 23.2 Å². The normalized spacial score (nSPS) is 10.8. The Bertz CT molecular complexity index is 793. The number of methoxy groups -OCH3 is 1. The molecule has 2 heteroatoms. The maximum absolute atomic E-state index is 6.02. The van der Waals surface area contributed by atoms with E-state index in [1.807, 2.05) is 18.2 Å². The lowest BCUT2D eigenvalue weighted by Crippen LogP contribution is -1.94. The summed E-state index contributed by atoms with van der Waals surface area (Å²) in [5, 5.41) is 2.33. The number of rotatable bonds is 3. The van der Waals surface area contributed by atoms with Crippen LogP contribution in [-0.2, 0) is 6.42 Å². The van der Waals surface area contributed by atoms with Gasteiger partial charge in [0, 0.05) is 11.1 Å². The summed E-state index contributed by atoms with van der Waals surface area (Å²) < 4.78 is 5.46. The molecule has 3 rings (SSSR count). The summed E-state index contributed by atoms with van der Waals surface area (Å²) in [4.78, 5) is 0. The molecule has 0 aliphatic carbocycles. The Balaban J connectivity index is 2.26. The molecule has 106 valence electrons. The van der Waals surface area contributed by atoms with Crippen LogP contribution in [0.2, 0.25) is 0 Å². The van der Waals surface area contributed by atoms with Gasteiger partial charge in [-0.25, -0.2) is 0 Å². The van der Waals surface area contributed by atoms with Crippen LogP contribution in [0.3, 0.4) is 0 Å². The molecule has 0 unspecified atom stereocenters. The van der Waals surface area contributed by atoms with Crippen LogP contribution in [-0.4, -0.2) is 7.11 Å². The van der Waals surface area contributed by atoms with Gasteiger partial charge >= 0.3 is 0 Å². The van der Waals surface area contributed by atoms with Crippen molar-refractivity contribution in [1.82, 2.24) is 0 Å². The van der Waals surface area contributed by atoms with Crippen LogP contribution in [0.25, 0.3) is 21.9 Å². The molecule has 0 fully saturated rings. The van der Waals surface area contributed by atoms with Crippen LogP contribution >= 0.6 is 0 Å². The van der Waals surface area contributed by atoms with Crippen LogP contribution in [0, 0.1) is 0 Å². The largest absolute Gasteiger partial charge is 0.496 e. The smallest absolute Gasteiger partial charge is 0.126 e. The van der Waals surface area contributed by atoms with Crippen molar-refractivity contribution in [1.29, 1.82) is 0 Å². The Morgan fingerprint density at radius 3 is 2.43 bits per heavy atom. The molecule has 0 saturated heterocycles. The number of nitrogen functional groups attached to an aromatic ring is 1. The van der Waals surface area contributed by atoms with Crippen LogP contribution in [0.15, 0.2) is 54.6 Å². The molecule has 3 aromatic carbocycles. The monoisotopic (exact) mass is 277 g/mol. The van der Waals surface area contributed by atoms with Crippen LogP contribution in [0.1, 0.15) is 12.5 Å². The van der Waals surface area contributed by atoms with Crippen LogP contribution in [0.5, 0.6) is 5.75 Å². The Hall–Kier alpha value is -2.48. The number of hydrogen-bond acceptors (Lipinski definition) is 2. The predicted octanol–water partition coefficient (Wildman–Crippen LogP) is 4.66. The summed E-state index contributed by atoms with van der Waals surface area (Å²) in [7, 11) is 1.71. The highest BCUT2D eigenvalue weighted by Gasteiger charge is 2.09. The lowest BCUT2D eigenvalue weighted by atomic mass is 9.95. The predicted molar refractivity (Wildman–Crippen MR) is 89.7 cm³/mol. The number of ether oxygens (including phenoxy) is 1. The first kappa shape index (κ1) is 13.5. The van der Waals surface area contributed by atoms with Crippen molar-refractivity contribution < 1.29 is 4.74 Å². The molecule has 0 atom stereocenters. The third-order valence-corrected chi connectivity index (χ3v) is 3.94. The fraction of sp³-hybridized carbons (Fsp3) is 0.158. The molecule has 0 aliphatic rings. The van der Waals surface area contributed by atoms with E-state index in [0.29, 0.717) is 0 Å². The highest BCUT2D eigenvalue weighted by Crippen LogP contribution is 2.35. The van der Waals surface area contributed by atoms with Gasteiger partial charge in [0.05, 0.1) is 7.11 Å². The first-order valence-electron chi connectivity index (χ1n) is 7.19. The Morgan fingerprint density at radius 2 is 1.71 bits per heavy atom. The van der Waals surface area contributed by atoms with Crippen molar-refractivity contribution in [2.45, 2.75) is 13.3 Å². The van der Waals surface area contributed by atoms with E-state index >= 15 is 0 Å². The number of hydrogen-bond donors (Lipinski definition) is 1. The minimum atomic E-state index is 0.860. The molecular weight excluding hydrogens is 258 g/mol. The minimum Gasteiger partial charge on any atom is -0.496 e. The van der Waals surface area contributed by atoms with E-state index in [-0.39, 0.29) is 0 Å². The molecule has 0 radical (unpaired) electrons. The van der Waals surface area contributed by atoms with E-state index in [1.165, 1.54) is 22.1 Å². The average molecular weight is 277 g/mol. The summed E-state index contributed by atoms with van der Waals surface area (Å²) in [6.45, 7) is 2.13. The molecule has 0 spiro atoms. The molecule has 2 N–H and O–H groups in total. The summed E-state index contributed by atoms with van der Waals surface area (Å²) in [5.74, 6) is 0.903. The van der Waals surface area contributed by atoms with E-state index in [2.05, 4.69) is 43.3 Å². The van der Waals surface area contributed by atoms with E-state index < -0.39 is 0 Å². The topological polar surface area (TPSA) is 35.2 Å². The van der Waals surface area contributed by atoms with Crippen molar-refractivity contribution in [2.24, 2.45) is 0 Å². The maximum Gasteiger partial charge on any atom is 0.126 e. The van der Waals surface area contributed by atoms with E-state index in [9.17, 15) is 0 Å². The van der Waals surface area contributed by atoms with Gasteiger partial charge in [-0.2, -0.15) is 0 Å². The van der Waals surface area contributed by atoms with Gasteiger partial charge in [-0.05, 0) is 46.7 Å². The molecule has 0 aromatic heterocycles. The van der Waals surface area contributed by atoms with E-state index in [4.69, 9.17) is 10.5 Å². The lowest BCUT2D eigenvalue weighted by molar-refractivity contribution is 0.420. The zero-order valence-electron chi connectivity index (χ0n) is 12.4.